The van der Waals surface area contributed by atoms with Crippen LogP contribution >= 0.6 is 11.8 Å². The van der Waals surface area contributed by atoms with Crippen LogP contribution in [0.3, 0.4) is 0 Å². The smallest absolute Gasteiger partial charge is 0.161 e. The van der Waals surface area contributed by atoms with Crippen molar-refractivity contribution in [2.24, 2.45) is 4.99 Å². The number of rotatable bonds is 6. The first-order chi connectivity index (χ1) is 10.5. The van der Waals surface area contributed by atoms with E-state index in [0.29, 0.717) is 19.4 Å². The number of aliphatic hydroxyl groups excluding tert-OH is 2. The van der Waals surface area contributed by atoms with Gasteiger partial charge in [-0.1, -0.05) is 11.8 Å². The van der Waals surface area contributed by atoms with Crippen molar-refractivity contribution in [1.82, 2.24) is 4.90 Å². The Labute approximate surface area is 134 Å². The van der Waals surface area contributed by atoms with Crippen LogP contribution in [0.1, 0.15) is 19.8 Å². The lowest BCUT2D eigenvalue weighted by Crippen LogP contribution is -2.58. The van der Waals surface area contributed by atoms with Crippen LogP contribution in [0.15, 0.2) is 4.99 Å². The molecular weight excluding hydrogens is 311 g/mol. The molecule has 0 aromatic carbocycles. The van der Waals surface area contributed by atoms with Gasteiger partial charge in [0.15, 0.2) is 5.17 Å². The summed E-state index contributed by atoms with van der Waals surface area (Å²) < 4.78 is 23.6. The Morgan fingerprint density at radius 1 is 1.36 bits per heavy atom. The van der Waals surface area contributed by atoms with Gasteiger partial charge in [-0.3, -0.25) is 9.38 Å². The second-order valence-corrected chi connectivity index (χ2v) is 6.90. The van der Waals surface area contributed by atoms with Crippen molar-refractivity contribution in [3.8, 4) is 0 Å². The van der Waals surface area contributed by atoms with Crippen LogP contribution < -0.4 is 0 Å². The third-order valence-electron chi connectivity index (χ3n) is 3.84. The molecule has 2 rings (SSSR count). The van der Waals surface area contributed by atoms with Crippen molar-refractivity contribution in [3.63, 3.8) is 0 Å². The molecule has 1 saturated heterocycles. The summed E-state index contributed by atoms with van der Waals surface area (Å²) in [5.41, 5.74) is -0.322. The number of aliphatic hydroxyl groups is 2. The Morgan fingerprint density at radius 3 is 2.73 bits per heavy atom. The fraction of sp³-hybridized carbons (Fsp3) is 0.929. The van der Waals surface area contributed by atoms with Gasteiger partial charge in [-0.05, 0) is 19.8 Å². The Kier molecular flexibility index (Phi) is 6.46. The number of halogens is 1. The monoisotopic (exact) mass is 336 g/mol. The molecule has 0 spiro atoms. The zero-order valence-corrected chi connectivity index (χ0v) is 14.0. The lowest BCUT2D eigenvalue weighted by Gasteiger charge is -2.40. The molecule has 6 nitrogen and oxygen atoms in total. The minimum Gasteiger partial charge on any atom is -0.388 e. The van der Waals surface area contributed by atoms with Crippen LogP contribution in [0.25, 0.3) is 0 Å². The van der Waals surface area contributed by atoms with Crippen LogP contribution in [0.4, 0.5) is 4.39 Å². The number of hydrogen-bond acceptors (Lipinski definition) is 7. The summed E-state index contributed by atoms with van der Waals surface area (Å²) in [5, 5.41) is 21.4. The molecule has 0 aliphatic carbocycles. The molecule has 2 heterocycles. The van der Waals surface area contributed by atoms with Gasteiger partial charge in [-0.25, -0.2) is 0 Å². The van der Waals surface area contributed by atoms with Crippen LogP contribution in [-0.2, 0) is 9.47 Å². The number of ether oxygens (including phenoxy) is 2. The van der Waals surface area contributed by atoms with Gasteiger partial charge in [0.25, 0.3) is 0 Å². The fourth-order valence-corrected chi connectivity index (χ4v) is 3.69. The number of amidine groups is 1. The average Bonchev–Trinajstić information content (AvgIpc) is 2.91. The van der Waals surface area contributed by atoms with Gasteiger partial charge < -0.3 is 24.6 Å². The van der Waals surface area contributed by atoms with Gasteiger partial charge in [-0.2, -0.15) is 0 Å². The van der Waals surface area contributed by atoms with Crippen LogP contribution in [0, 0.1) is 0 Å². The molecule has 128 valence electrons. The molecule has 0 amide bonds. The second-order valence-electron chi connectivity index (χ2n) is 5.84. The third-order valence-corrected chi connectivity index (χ3v) is 5.15. The number of unbranched alkanes of at least 4 members (excludes halogenated alkanes) is 1. The molecule has 0 radical (unpaired) electrons. The predicted octanol–water partition coefficient (Wildman–Crippen LogP) is 0.621. The van der Waals surface area contributed by atoms with E-state index in [-0.39, 0.29) is 18.2 Å². The standard InChI is InChI=1S/C14H25FN2O4S/c1-8(20-7-5-4-6-15)12-11(19)10(18)9-13(21-12)22-14(16-9)17(2)3/h8-13,18-19H,4-7H2,1-3H3/t8-,9+,10+,11-,12+,13+/m0/s1. The highest BCUT2D eigenvalue weighted by Crippen LogP contribution is 2.38. The van der Waals surface area contributed by atoms with E-state index < -0.39 is 24.4 Å². The zero-order valence-electron chi connectivity index (χ0n) is 13.2. The molecule has 0 saturated carbocycles. The number of fused-ring (bicyclic) bond motifs is 1. The highest BCUT2D eigenvalue weighted by molar-refractivity contribution is 8.14. The highest BCUT2D eigenvalue weighted by atomic mass is 32.2. The summed E-state index contributed by atoms with van der Waals surface area (Å²) in [6.07, 6.45) is -1.95. The molecule has 0 aromatic rings. The van der Waals surface area contributed by atoms with E-state index in [9.17, 15) is 14.6 Å². The second kappa shape index (κ2) is 7.92. The molecule has 0 bridgehead atoms. The van der Waals surface area contributed by atoms with E-state index in [1.54, 1.807) is 6.92 Å². The van der Waals surface area contributed by atoms with E-state index in [0.717, 1.165) is 5.17 Å². The van der Waals surface area contributed by atoms with Gasteiger partial charge in [0.1, 0.15) is 29.8 Å². The number of hydrogen-bond donors (Lipinski definition) is 2. The maximum absolute atomic E-state index is 12.1. The molecule has 2 N–H and O–H groups in total. The molecule has 2 aliphatic heterocycles. The maximum atomic E-state index is 12.1. The lowest BCUT2D eigenvalue weighted by molar-refractivity contribution is -0.191. The molecule has 0 unspecified atom stereocenters. The first-order valence-corrected chi connectivity index (χ1v) is 8.44. The Morgan fingerprint density at radius 2 is 2.09 bits per heavy atom. The minimum atomic E-state index is -1.05. The van der Waals surface area contributed by atoms with Gasteiger partial charge in [0.05, 0.1) is 12.8 Å². The SMILES string of the molecule is C[C@H](OCCCCF)[C@H]1O[C@@H]2SC(N(C)C)=N[C@@H]2[C@@H](O)[C@@H]1O. The average molecular weight is 336 g/mol. The molecular formula is C14H25FN2O4S. The van der Waals surface area contributed by atoms with E-state index in [1.165, 1.54) is 11.8 Å². The summed E-state index contributed by atoms with van der Waals surface area (Å²) in [6, 6.07) is -0.465. The summed E-state index contributed by atoms with van der Waals surface area (Å²) in [7, 11) is 3.75. The van der Waals surface area contributed by atoms with Gasteiger partial charge >= 0.3 is 0 Å². The molecule has 1 fully saturated rings. The number of alkyl halides is 1. The van der Waals surface area contributed by atoms with Crippen molar-refractivity contribution in [2.75, 3.05) is 27.4 Å². The normalized spacial score (nSPS) is 35.9. The van der Waals surface area contributed by atoms with E-state index in [2.05, 4.69) is 4.99 Å². The Bertz CT molecular complexity index is 399. The zero-order chi connectivity index (χ0) is 16.3. The van der Waals surface area contributed by atoms with Gasteiger partial charge in [-0.15, -0.1) is 0 Å². The van der Waals surface area contributed by atoms with Crippen molar-refractivity contribution >= 4 is 16.9 Å². The Hall–Kier alpha value is -0.410. The Balaban J connectivity index is 1.93. The van der Waals surface area contributed by atoms with Crippen molar-refractivity contribution in [3.05, 3.63) is 0 Å². The van der Waals surface area contributed by atoms with Crippen molar-refractivity contribution in [1.29, 1.82) is 0 Å². The molecule has 6 atom stereocenters. The first kappa shape index (κ1) is 17.9. The van der Waals surface area contributed by atoms with Crippen LogP contribution in [0.5, 0.6) is 0 Å². The van der Waals surface area contributed by atoms with E-state index >= 15 is 0 Å². The summed E-state index contributed by atoms with van der Waals surface area (Å²) in [6.45, 7) is 1.85. The summed E-state index contributed by atoms with van der Waals surface area (Å²) >= 11 is 1.44. The number of aliphatic imine (C=N–C) groups is 1. The minimum absolute atomic E-state index is 0.322. The molecule has 22 heavy (non-hydrogen) atoms. The predicted molar refractivity (Wildman–Crippen MR) is 83.8 cm³/mol. The summed E-state index contributed by atoms with van der Waals surface area (Å²) in [5.74, 6) is 0. The van der Waals surface area contributed by atoms with Crippen LogP contribution in [-0.4, -0.2) is 83.6 Å². The molecule has 0 aromatic heterocycles. The molecule has 2 aliphatic rings. The quantitative estimate of drug-likeness (QED) is 0.693. The highest BCUT2D eigenvalue weighted by Gasteiger charge is 2.50. The fourth-order valence-electron chi connectivity index (χ4n) is 2.54. The van der Waals surface area contributed by atoms with E-state index in [4.69, 9.17) is 9.47 Å². The molecule has 8 heteroatoms. The maximum Gasteiger partial charge on any atom is 0.161 e. The van der Waals surface area contributed by atoms with Gasteiger partial charge in [0.2, 0.25) is 0 Å². The van der Waals surface area contributed by atoms with Crippen molar-refractivity contribution < 1.29 is 24.1 Å². The number of nitrogens with zero attached hydrogens (tertiary/aromatic N) is 2. The van der Waals surface area contributed by atoms with Gasteiger partial charge in [0, 0.05) is 20.7 Å². The summed E-state index contributed by atoms with van der Waals surface area (Å²) in [4.78, 5) is 6.27. The lowest BCUT2D eigenvalue weighted by atomic mass is 9.95. The van der Waals surface area contributed by atoms with Crippen molar-refractivity contribution in [2.45, 2.75) is 55.7 Å². The van der Waals surface area contributed by atoms with Crippen LogP contribution in [0.2, 0.25) is 0 Å². The van der Waals surface area contributed by atoms with E-state index in [1.807, 2.05) is 19.0 Å². The number of thioether (sulfide) groups is 1. The largest absolute Gasteiger partial charge is 0.388 e. The topological polar surface area (TPSA) is 74.5 Å². The third kappa shape index (κ3) is 3.91. The first-order valence-electron chi connectivity index (χ1n) is 7.56.